The molecule has 0 unspecified atom stereocenters. The highest BCUT2D eigenvalue weighted by atomic mass is 19.4. The number of hydrogen-bond donors (Lipinski definition) is 2. The number of nitrogens with one attached hydrogen (secondary N) is 1. The van der Waals surface area contributed by atoms with E-state index in [0.717, 1.165) is 18.2 Å². The van der Waals surface area contributed by atoms with Gasteiger partial charge in [0.15, 0.2) is 6.23 Å². The minimum Gasteiger partial charge on any atom is -0.508 e. The molecule has 0 spiro atoms. The van der Waals surface area contributed by atoms with E-state index in [0.29, 0.717) is 5.56 Å². The third-order valence-electron chi connectivity index (χ3n) is 3.27. The molecule has 2 N–H and O–H groups in total. The lowest BCUT2D eigenvalue weighted by Gasteiger charge is -2.27. The van der Waals surface area contributed by atoms with Crippen LogP contribution < -0.4 is 5.32 Å². The average Bonchev–Trinajstić information content (AvgIpc) is 2.46. The molecule has 0 saturated heterocycles. The highest BCUT2D eigenvalue weighted by molar-refractivity contribution is 5.97. The Morgan fingerprint density at radius 2 is 1.77 bits per heavy atom. The van der Waals surface area contributed by atoms with Crippen LogP contribution in [0.2, 0.25) is 0 Å². The Kier molecular flexibility index (Phi) is 3.20. The van der Waals surface area contributed by atoms with Crippen molar-refractivity contribution in [2.24, 2.45) is 0 Å². The molecule has 2 aromatic rings. The Bertz CT molecular complexity index is 726. The summed E-state index contributed by atoms with van der Waals surface area (Å²) in [6, 6.07) is 8.61. The molecule has 2 aromatic carbocycles. The number of hydrogen-bond acceptors (Lipinski definition) is 4. The first-order valence-corrected chi connectivity index (χ1v) is 6.32. The van der Waals surface area contributed by atoms with Gasteiger partial charge in [-0.3, -0.25) is 0 Å². The molecule has 1 aliphatic heterocycles. The van der Waals surface area contributed by atoms with Crippen molar-refractivity contribution in [3.63, 3.8) is 0 Å². The van der Waals surface area contributed by atoms with Crippen molar-refractivity contribution in [2.75, 3.05) is 5.32 Å². The summed E-state index contributed by atoms with van der Waals surface area (Å²) in [4.78, 5) is 11.9. The van der Waals surface area contributed by atoms with Crippen LogP contribution in [0.5, 0.6) is 5.75 Å². The van der Waals surface area contributed by atoms with Crippen molar-refractivity contribution in [1.29, 1.82) is 0 Å². The predicted molar refractivity (Wildman–Crippen MR) is 71.3 cm³/mol. The van der Waals surface area contributed by atoms with Gasteiger partial charge >= 0.3 is 12.1 Å². The fourth-order valence-electron chi connectivity index (χ4n) is 2.16. The van der Waals surface area contributed by atoms with E-state index in [1.807, 2.05) is 0 Å². The lowest BCUT2D eigenvalue weighted by atomic mass is 10.1. The summed E-state index contributed by atoms with van der Waals surface area (Å²) in [6.07, 6.45) is -5.41. The van der Waals surface area contributed by atoms with Crippen molar-refractivity contribution in [3.8, 4) is 5.75 Å². The first-order chi connectivity index (χ1) is 10.3. The molecule has 0 amide bonds. The Labute approximate surface area is 123 Å². The standard InChI is InChI=1S/C15H10F3NO3/c16-15(17,18)9-3-6-11-12(7-9)19-13(22-14(11)21)8-1-4-10(20)5-2-8/h1-7,13,19-20H/t13-/m0/s1. The summed E-state index contributed by atoms with van der Waals surface area (Å²) >= 11 is 0. The molecular formula is C15H10F3NO3. The summed E-state index contributed by atoms with van der Waals surface area (Å²) in [5.74, 6) is -0.675. The Hall–Kier alpha value is -2.70. The minimum atomic E-state index is -4.49. The van der Waals surface area contributed by atoms with Gasteiger partial charge in [-0.25, -0.2) is 4.79 Å². The number of phenolic OH excluding ortho intramolecular Hbond substituents is 1. The fraction of sp³-hybridized carbons (Fsp3) is 0.133. The normalized spacial score (nSPS) is 17.4. The summed E-state index contributed by atoms with van der Waals surface area (Å²) in [6.45, 7) is 0. The number of aromatic hydroxyl groups is 1. The van der Waals surface area contributed by atoms with Gasteiger partial charge < -0.3 is 15.2 Å². The number of benzene rings is 2. The predicted octanol–water partition coefficient (Wildman–Crippen LogP) is 3.69. The zero-order chi connectivity index (χ0) is 15.9. The maximum atomic E-state index is 12.7. The SMILES string of the molecule is O=C1O[C@@H](c2ccc(O)cc2)Nc2cc(C(F)(F)F)ccc21. The highest BCUT2D eigenvalue weighted by Gasteiger charge is 2.34. The van der Waals surface area contributed by atoms with E-state index in [-0.39, 0.29) is 17.0 Å². The van der Waals surface area contributed by atoms with Crippen LogP contribution in [0.15, 0.2) is 42.5 Å². The minimum absolute atomic E-state index is 0.0330. The second-order valence-corrected chi connectivity index (χ2v) is 4.78. The quantitative estimate of drug-likeness (QED) is 0.789. The third kappa shape index (κ3) is 2.57. The van der Waals surface area contributed by atoms with Gasteiger partial charge in [-0.15, -0.1) is 0 Å². The number of cyclic esters (lactones) is 1. The van der Waals surface area contributed by atoms with E-state index in [1.165, 1.54) is 24.3 Å². The molecule has 0 aromatic heterocycles. The maximum Gasteiger partial charge on any atom is 0.416 e. The number of phenols is 1. The van der Waals surface area contributed by atoms with Crippen molar-refractivity contribution in [3.05, 3.63) is 59.2 Å². The van der Waals surface area contributed by atoms with Crippen LogP contribution in [0.4, 0.5) is 18.9 Å². The fourth-order valence-corrected chi connectivity index (χ4v) is 2.16. The molecule has 0 bridgehead atoms. The molecule has 1 atom stereocenters. The largest absolute Gasteiger partial charge is 0.508 e. The van der Waals surface area contributed by atoms with E-state index >= 15 is 0 Å². The van der Waals surface area contributed by atoms with Crippen LogP contribution in [0.3, 0.4) is 0 Å². The molecule has 0 aliphatic carbocycles. The lowest BCUT2D eigenvalue weighted by Crippen LogP contribution is -2.26. The number of esters is 1. The Balaban J connectivity index is 1.96. The van der Waals surface area contributed by atoms with Crippen LogP contribution in [0.1, 0.15) is 27.7 Å². The van der Waals surface area contributed by atoms with Crippen LogP contribution in [-0.4, -0.2) is 11.1 Å². The van der Waals surface area contributed by atoms with Gasteiger partial charge in [-0.05, 0) is 42.5 Å². The van der Waals surface area contributed by atoms with Crippen molar-refractivity contribution in [1.82, 2.24) is 0 Å². The second-order valence-electron chi connectivity index (χ2n) is 4.78. The molecular weight excluding hydrogens is 299 g/mol. The van der Waals surface area contributed by atoms with Crippen LogP contribution in [0, 0.1) is 0 Å². The number of fused-ring (bicyclic) bond motifs is 1. The number of ether oxygens (including phenoxy) is 1. The highest BCUT2D eigenvalue weighted by Crippen LogP contribution is 2.36. The van der Waals surface area contributed by atoms with E-state index in [2.05, 4.69) is 5.32 Å². The molecule has 22 heavy (non-hydrogen) atoms. The molecule has 7 heteroatoms. The monoisotopic (exact) mass is 309 g/mol. The molecule has 1 heterocycles. The van der Waals surface area contributed by atoms with Gasteiger partial charge in [0.1, 0.15) is 5.75 Å². The number of alkyl halides is 3. The summed E-state index contributed by atoms with van der Waals surface area (Å²) in [7, 11) is 0. The molecule has 1 aliphatic rings. The number of carbonyl (C=O) groups is 1. The van der Waals surface area contributed by atoms with E-state index in [9.17, 15) is 23.1 Å². The smallest absolute Gasteiger partial charge is 0.416 e. The molecule has 114 valence electrons. The molecule has 4 nitrogen and oxygen atoms in total. The lowest BCUT2D eigenvalue weighted by molar-refractivity contribution is -0.137. The number of halogens is 3. The first-order valence-electron chi connectivity index (χ1n) is 6.32. The van der Waals surface area contributed by atoms with Crippen molar-refractivity contribution >= 4 is 11.7 Å². The zero-order valence-corrected chi connectivity index (χ0v) is 11.0. The Morgan fingerprint density at radius 1 is 1.09 bits per heavy atom. The summed E-state index contributed by atoms with van der Waals surface area (Å²) in [5.41, 5.74) is -0.237. The third-order valence-corrected chi connectivity index (χ3v) is 3.27. The van der Waals surface area contributed by atoms with E-state index in [4.69, 9.17) is 4.74 Å². The van der Waals surface area contributed by atoms with Gasteiger partial charge in [0.2, 0.25) is 0 Å². The topological polar surface area (TPSA) is 58.6 Å². The number of anilines is 1. The molecule has 3 rings (SSSR count). The molecule has 0 fully saturated rings. The van der Waals surface area contributed by atoms with Gasteiger partial charge in [0, 0.05) is 5.56 Å². The Morgan fingerprint density at radius 3 is 2.41 bits per heavy atom. The molecule has 0 radical (unpaired) electrons. The van der Waals surface area contributed by atoms with Gasteiger partial charge in [0.25, 0.3) is 0 Å². The summed E-state index contributed by atoms with van der Waals surface area (Å²) in [5, 5.41) is 12.0. The van der Waals surface area contributed by atoms with Crippen molar-refractivity contribution < 1.29 is 27.8 Å². The molecule has 0 saturated carbocycles. The average molecular weight is 309 g/mol. The van der Waals surface area contributed by atoms with E-state index in [1.54, 1.807) is 0 Å². The summed E-state index contributed by atoms with van der Waals surface area (Å²) < 4.78 is 43.4. The number of rotatable bonds is 1. The van der Waals surface area contributed by atoms with Gasteiger partial charge in [0.05, 0.1) is 16.8 Å². The van der Waals surface area contributed by atoms with Crippen LogP contribution in [-0.2, 0) is 10.9 Å². The van der Waals surface area contributed by atoms with Gasteiger partial charge in [-0.1, -0.05) is 0 Å². The number of carbonyl (C=O) groups excluding carboxylic acids is 1. The zero-order valence-electron chi connectivity index (χ0n) is 11.0. The van der Waals surface area contributed by atoms with E-state index < -0.39 is 23.9 Å². The second kappa shape index (κ2) is 4.94. The van der Waals surface area contributed by atoms with Crippen LogP contribution in [0.25, 0.3) is 0 Å². The van der Waals surface area contributed by atoms with Crippen LogP contribution >= 0.6 is 0 Å². The van der Waals surface area contributed by atoms with Gasteiger partial charge in [-0.2, -0.15) is 13.2 Å². The van der Waals surface area contributed by atoms with Crippen molar-refractivity contribution in [2.45, 2.75) is 12.4 Å². The first kappa shape index (κ1) is 14.2. The maximum absolute atomic E-state index is 12.7.